The maximum atomic E-state index is 12.1. The molecule has 0 aliphatic carbocycles. The van der Waals surface area contributed by atoms with E-state index in [2.05, 4.69) is 5.32 Å². The highest BCUT2D eigenvalue weighted by molar-refractivity contribution is 5.78. The summed E-state index contributed by atoms with van der Waals surface area (Å²) in [7, 11) is 1.57. The number of aliphatic hydroxyl groups excluding tert-OH is 1. The fourth-order valence-electron chi connectivity index (χ4n) is 2.50. The van der Waals surface area contributed by atoms with Gasteiger partial charge in [0.2, 0.25) is 11.8 Å². The molecule has 0 spiro atoms. The van der Waals surface area contributed by atoms with Crippen LogP contribution in [0.15, 0.2) is 24.5 Å². The molecular formula is C14H21N3O3. The normalized spacial score (nSPS) is 22.0. The molecule has 0 unspecified atom stereocenters. The minimum Gasteiger partial charge on any atom is -0.391 e. The molecule has 1 aromatic rings. The van der Waals surface area contributed by atoms with Crippen LogP contribution in [0.1, 0.15) is 12.8 Å². The second-order valence-corrected chi connectivity index (χ2v) is 5.17. The van der Waals surface area contributed by atoms with Gasteiger partial charge in [0.25, 0.3) is 0 Å². The summed E-state index contributed by atoms with van der Waals surface area (Å²) in [4.78, 5) is 25.1. The molecule has 1 aliphatic heterocycles. The second-order valence-electron chi connectivity index (χ2n) is 5.17. The average molecular weight is 279 g/mol. The van der Waals surface area contributed by atoms with Crippen LogP contribution in [0, 0.1) is 5.92 Å². The number of carbonyl (C=O) groups is 2. The Morgan fingerprint density at radius 3 is 2.65 bits per heavy atom. The number of nitrogens with one attached hydrogen (secondary N) is 1. The number of rotatable bonds is 5. The van der Waals surface area contributed by atoms with Crippen LogP contribution in [0.25, 0.3) is 0 Å². The van der Waals surface area contributed by atoms with Crippen molar-refractivity contribution in [2.75, 3.05) is 20.1 Å². The van der Waals surface area contributed by atoms with Crippen molar-refractivity contribution in [3.8, 4) is 0 Å². The number of aromatic nitrogens is 1. The first-order chi connectivity index (χ1) is 9.60. The van der Waals surface area contributed by atoms with Crippen molar-refractivity contribution in [3.05, 3.63) is 24.5 Å². The molecule has 0 bridgehead atoms. The van der Waals surface area contributed by atoms with Gasteiger partial charge in [-0.1, -0.05) is 0 Å². The van der Waals surface area contributed by atoms with E-state index in [9.17, 15) is 14.7 Å². The lowest BCUT2D eigenvalue weighted by Gasteiger charge is -2.16. The average Bonchev–Trinajstić information content (AvgIpc) is 3.06. The molecular weight excluding hydrogens is 258 g/mol. The third-order valence-electron chi connectivity index (χ3n) is 3.74. The van der Waals surface area contributed by atoms with Crippen molar-refractivity contribution in [2.24, 2.45) is 5.92 Å². The van der Waals surface area contributed by atoms with E-state index in [1.807, 2.05) is 29.1 Å². The third-order valence-corrected chi connectivity index (χ3v) is 3.74. The number of hydrogen-bond acceptors (Lipinski definition) is 3. The fourth-order valence-corrected chi connectivity index (χ4v) is 2.50. The highest BCUT2D eigenvalue weighted by atomic mass is 16.3. The number of β-amino-alcohol motifs (C(OH)–C–C–N with tert-alkyl or cyclic N) is 1. The Morgan fingerprint density at radius 1 is 1.30 bits per heavy atom. The van der Waals surface area contributed by atoms with E-state index >= 15 is 0 Å². The number of likely N-dealkylation sites (tertiary alicyclic amines) is 1. The van der Waals surface area contributed by atoms with Crippen molar-refractivity contribution < 1.29 is 14.7 Å². The molecule has 20 heavy (non-hydrogen) atoms. The smallest absolute Gasteiger partial charge is 0.224 e. The summed E-state index contributed by atoms with van der Waals surface area (Å²) < 4.78 is 1.95. The van der Waals surface area contributed by atoms with Crippen LogP contribution >= 0.6 is 0 Å². The molecule has 1 saturated heterocycles. The lowest BCUT2D eigenvalue weighted by molar-refractivity contribution is -0.131. The van der Waals surface area contributed by atoms with Crippen LogP contribution in [-0.2, 0) is 16.1 Å². The maximum absolute atomic E-state index is 12.1. The van der Waals surface area contributed by atoms with Gasteiger partial charge in [0.05, 0.1) is 6.10 Å². The number of aliphatic hydroxyl groups is 1. The molecule has 110 valence electrons. The molecule has 2 rings (SSSR count). The molecule has 1 aromatic heterocycles. The zero-order valence-electron chi connectivity index (χ0n) is 11.7. The Labute approximate surface area is 118 Å². The first-order valence-electron chi connectivity index (χ1n) is 6.87. The predicted octanol–water partition coefficient (Wildman–Crippen LogP) is -0.166. The first-order valence-corrected chi connectivity index (χ1v) is 6.87. The Bertz CT molecular complexity index is 458. The molecule has 2 heterocycles. The molecule has 6 nitrogen and oxygen atoms in total. The lowest BCUT2D eigenvalue weighted by Crippen LogP contribution is -2.30. The first kappa shape index (κ1) is 14.6. The van der Waals surface area contributed by atoms with Crippen molar-refractivity contribution in [1.82, 2.24) is 14.8 Å². The van der Waals surface area contributed by atoms with Crippen molar-refractivity contribution in [3.63, 3.8) is 0 Å². The lowest BCUT2D eigenvalue weighted by atomic mass is 10.0. The molecule has 0 saturated carbocycles. The van der Waals surface area contributed by atoms with E-state index in [1.165, 1.54) is 0 Å². The SMILES string of the molecule is CNC(=O)C[C@@H]1CN(C(=O)CCn2cccc2)C[C@H]1O. The summed E-state index contributed by atoms with van der Waals surface area (Å²) in [6.45, 7) is 1.42. The summed E-state index contributed by atoms with van der Waals surface area (Å²) in [5.41, 5.74) is 0. The van der Waals surface area contributed by atoms with E-state index in [-0.39, 0.29) is 24.2 Å². The molecule has 2 atom stereocenters. The van der Waals surface area contributed by atoms with E-state index in [4.69, 9.17) is 0 Å². The minimum atomic E-state index is -0.608. The zero-order valence-corrected chi connectivity index (χ0v) is 11.7. The Hall–Kier alpha value is -1.82. The van der Waals surface area contributed by atoms with Crippen LogP contribution in [0.3, 0.4) is 0 Å². The van der Waals surface area contributed by atoms with Crippen LogP contribution in [0.2, 0.25) is 0 Å². The monoisotopic (exact) mass is 279 g/mol. The topological polar surface area (TPSA) is 74.6 Å². The van der Waals surface area contributed by atoms with E-state index in [1.54, 1.807) is 11.9 Å². The number of carbonyl (C=O) groups excluding carboxylic acids is 2. The van der Waals surface area contributed by atoms with E-state index in [0.29, 0.717) is 26.1 Å². The van der Waals surface area contributed by atoms with Crippen LogP contribution < -0.4 is 5.32 Å². The van der Waals surface area contributed by atoms with Crippen LogP contribution in [-0.4, -0.2) is 52.6 Å². The Kier molecular flexibility index (Phi) is 4.79. The van der Waals surface area contributed by atoms with Crippen LogP contribution in [0.4, 0.5) is 0 Å². The number of amides is 2. The molecule has 1 fully saturated rings. The predicted molar refractivity (Wildman–Crippen MR) is 73.8 cm³/mol. The fraction of sp³-hybridized carbons (Fsp3) is 0.571. The highest BCUT2D eigenvalue weighted by Crippen LogP contribution is 2.21. The number of aryl methyl sites for hydroxylation is 1. The minimum absolute atomic E-state index is 0.0251. The third kappa shape index (κ3) is 3.60. The summed E-state index contributed by atoms with van der Waals surface area (Å²) >= 11 is 0. The van der Waals surface area contributed by atoms with Gasteiger partial charge in [-0.15, -0.1) is 0 Å². The van der Waals surface area contributed by atoms with Gasteiger partial charge < -0.3 is 19.9 Å². The van der Waals surface area contributed by atoms with E-state index in [0.717, 1.165) is 0 Å². The quantitative estimate of drug-likeness (QED) is 0.786. The molecule has 1 aliphatic rings. The second kappa shape index (κ2) is 6.56. The van der Waals surface area contributed by atoms with E-state index < -0.39 is 6.10 Å². The van der Waals surface area contributed by atoms with Gasteiger partial charge in [-0.05, 0) is 12.1 Å². The standard InChI is InChI=1S/C14H21N3O3/c1-15-13(19)8-11-9-17(10-12(11)18)14(20)4-7-16-5-2-3-6-16/h2-3,5-6,11-12,18H,4,7-10H2,1H3,(H,15,19)/t11-,12-/m1/s1. The Morgan fingerprint density at radius 2 is 2.00 bits per heavy atom. The highest BCUT2D eigenvalue weighted by Gasteiger charge is 2.34. The summed E-state index contributed by atoms with van der Waals surface area (Å²) in [6.07, 6.45) is 3.90. The molecule has 0 aromatic carbocycles. The Balaban J connectivity index is 1.81. The maximum Gasteiger partial charge on any atom is 0.224 e. The van der Waals surface area contributed by atoms with Gasteiger partial charge in [0.15, 0.2) is 0 Å². The molecule has 6 heteroatoms. The van der Waals surface area contributed by atoms with Crippen LogP contribution in [0.5, 0.6) is 0 Å². The molecule has 2 N–H and O–H groups in total. The summed E-state index contributed by atoms with van der Waals surface area (Å²) in [5.74, 6) is -0.238. The van der Waals surface area contributed by atoms with Crippen molar-refractivity contribution in [2.45, 2.75) is 25.5 Å². The summed E-state index contributed by atoms with van der Waals surface area (Å²) in [6, 6.07) is 3.84. The zero-order chi connectivity index (χ0) is 14.5. The molecule has 2 amide bonds. The van der Waals surface area contributed by atoms with Gasteiger partial charge in [-0.25, -0.2) is 0 Å². The van der Waals surface area contributed by atoms with Gasteiger partial charge in [-0.2, -0.15) is 0 Å². The van der Waals surface area contributed by atoms with Gasteiger partial charge in [0, 0.05) is 57.8 Å². The molecule has 0 radical (unpaired) electrons. The van der Waals surface area contributed by atoms with Gasteiger partial charge >= 0.3 is 0 Å². The van der Waals surface area contributed by atoms with Gasteiger partial charge in [-0.3, -0.25) is 9.59 Å². The number of nitrogens with zero attached hydrogens (tertiary/aromatic N) is 2. The largest absolute Gasteiger partial charge is 0.391 e. The van der Waals surface area contributed by atoms with Crippen molar-refractivity contribution in [1.29, 1.82) is 0 Å². The van der Waals surface area contributed by atoms with Crippen molar-refractivity contribution >= 4 is 11.8 Å². The van der Waals surface area contributed by atoms with Gasteiger partial charge in [0.1, 0.15) is 0 Å². The summed E-state index contributed by atoms with van der Waals surface area (Å²) in [5, 5.41) is 12.5. The number of hydrogen-bond donors (Lipinski definition) is 2.